The number of nitrogens with one attached hydrogen (secondary N) is 1. The molecule has 0 saturated carbocycles. The summed E-state index contributed by atoms with van der Waals surface area (Å²) in [6.07, 6.45) is 2.15. The average molecular weight is 442 g/mol. The van der Waals surface area contributed by atoms with Crippen molar-refractivity contribution in [3.05, 3.63) is 50.7 Å². The Bertz CT molecular complexity index is 1100. The predicted octanol–water partition coefficient (Wildman–Crippen LogP) is 2.02. The molecule has 2 aromatic rings. The van der Waals surface area contributed by atoms with Crippen LogP contribution in [0.3, 0.4) is 0 Å². The van der Waals surface area contributed by atoms with Gasteiger partial charge in [0.2, 0.25) is 11.8 Å². The molecule has 9 heteroatoms. The molecule has 2 amide bonds. The maximum Gasteiger partial charge on any atom is 0.330 e. The molecule has 3 N–H and O–H groups in total. The van der Waals surface area contributed by atoms with E-state index < -0.39 is 17.2 Å². The van der Waals surface area contributed by atoms with Crippen LogP contribution in [0.25, 0.3) is 0 Å². The van der Waals surface area contributed by atoms with E-state index in [9.17, 15) is 19.2 Å². The van der Waals surface area contributed by atoms with Gasteiger partial charge in [-0.15, -0.1) is 0 Å². The first-order chi connectivity index (χ1) is 15.3. The van der Waals surface area contributed by atoms with Gasteiger partial charge in [-0.05, 0) is 31.9 Å². The number of nitrogens with zero attached hydrogens (tertiary/aromatic N) is 3. The number of unbranched alkanes of at least 4 members (excludes halogenated alkanes) is 1. The van der Waals surface area contributed by atoms with E-state index in [0.717, 1.165) is 17.7 Å². The van der Waals surface area contributed by atoms with Gasteiger partial charge in [0.15, 0.2) is 5.69 Å². The second-order valence-electron chi connectivity index (χ2n) is 8.23. The first-order valence-corrected chi connectivity index (χ1v) is 11.1. The van der Waals surface area contributed by atoms with Gasteiger partial charge < -0.3 is 15.5 Å². The largest absolute Gasteiger partial charge is 0.383 e. The molecule has 1 atom stereocenters. The van der Waals surface area contributed by atoms with Gasteiger partial charge in [-0.1, -0.05) is 38.0 Å². The fourth-order valence-electron chi connectivity index (χ4n) is 4.00. The van der Waals surface area contributed by atoms with Crippen LogP contribution in [-0.2, 0) is 16.1 Å². The lowest BCUT2D eigenvalue weighted by molar-refractivity contribution is -0.124. The zero-order valence-corrected chi connectivity index (χ0v) is 18.9. The lowest BCUT2D eigenvalue weighted by Crippen LogP contribution is -2.44. The SMILES string of the molecule is CCCCN(C(=O)[C@H]1CC(=O)N(c2ccc(C)cc2)C1)c1c(N)n(CCC)c(=O)[nH]c1=O. The van der Waals surface area contributed by atoms with E-state index >= 15 is 0 Å². The van der Waals surface area contributed by atoms with Gasteiger partial charge in [0.25, 0.3) is 5.56 Å². The molecule has 0 unspecified atom stereocenters. The number of nitrogens with two attached hydrogens (primary N) is 1. The Morgan fingerprint density at radius 3 is 2.47 bits per heavy atom. The molecule has 1 aromatic heterocycles. The molecule has 0 bridgehead atoms. The average Bonchev–Trinajstić information content (AvgIpc) is 3.15. The summed E-state index contributed by atoms with van der Waals surface area (Å²) in [4.78, 5) is 56.4. The van der Waals surface area contributed by atoms with Crippen molar-refractivity contribution in [2.24, 2.45) is 5.92 Å². The van der Waals surface area contributed by atoms with Crippen LogP contribution >= 0.6 is 0 Å². The number of hydrogen-bond donors (Lipinski definition) is 2. The molecule has 172 valence electrons. The Kier molecular flexibility index (Phi) is 7.17. The molecule has 1 aliphatic heterocycles. The summed E-state index contributed by atoms with van der Waals surface area (Å²) in [7, 11) is 0. The highest BCUT2D eigenvalue weighted by Gasteiger charge is 2.38. The molecule has 0 aliphatic carbocycles. The van der Waals surface area contributed by atoms with Crippen LogP contribution in [0.2, 0.25) is 0 Å². The monoisotopic (exact) mass is 441 g/mol. The Hall–Kier alpha value is -3.36. The summed E-state index contributed by atoms with van der Waals surface area (Å²) in [5.41, 5.74) is 6.73. The Morgan fingerprint density at radius 2 is 1.84 bits per heavy atom. The summed E-state index contributed by atoms with van der Waals surface area (Å²) in [5, 5.41) is 0. The second kappa shape index (κ2) is 9.84. The van der Waals surface area contributed by atoms with Crippen LogP contribution < -0.4 is 26.8 Å². The zero-order valence-electron chi connectivity index (χ0n) is 18.9. The highest BCUT2D eigenvalue weighted by Crippen LogP contribution is 2.29. The number of carbonyl (C=O) groups is 2. The molecule has 9 nitrogen and oxygen atoms in total. The first kappa shape index (κ1) is 23.3. The van der Waals surface area contributed by atoms with E-state index in [1.165, 1.54) is 9.47 Å². The fraction of sp³-hybridized carbons (Fsp3) is 0.478. The zero-order chi connectivity index (χ0) is 23.4. The minimum Gasteiger partial charge on any atom is -0.383 e. The van der Waals surface area contributed by atoms with Gasteiger partial charge in [0.05, 0.1) is 5.92 Å². The molecule has 3 rings (SSSR count). The number of anilines is 3. The van der Waals surface area contributed by atoms with Crippen molar-refractivity contribution in [1.82, 2.24) is 9.55 Å². The third-order valence-electron chi connectivity index (χ3n) is 5.75. The van der Waals surface area contributed by atoms with Gasteiger partial charge in [-0.25, -0.2) is 4.79 Å². The maximum absolute atomic E-state index is 13.5. The van der Waals surface area contributed by atoms with Crippen LogP contribution in [0.15, 0.2) is 33.9 Å². The van der Waals surface area contributed by atoms with E-state index in [1.54, 1.807) is 4.90 Å². The van der Waals surface area contributed by atoms with Crippen LogP contribution in [0.4, 0.5) is 17.2 Å². The van der Waals surface area contributed by atoms with E-state index in [2.05, 4.69) is 4.98 Å². The molecule has 0 radical (unpaired) electrons. The quantitative estimate of drug-likeness (QED) is 0.649. The first-order valence-electron chi connectivity index (χ1n) is 11.1. The number of benzene rings is 1. The van der Waals surface area contributed by atoms with Gasteiger partial charge in [-0.3, -0.25) is 23.9 Å². The molecule has 1 saturated heterocycles. The summed E-state index contributed by atoms with van der Waals surface area (Å²) < 4.78 is 1.28. The number of hydrogen-bond acceptors (Lipinski definition) is 5. The number of carbonyl (C=O) groups excluding carboxylic acids is 2. The van der Waals surface area contributed by atoms with Crippen LogP contribution in [0.5, 0.6) is 0 Å². The van der Waals surface area contributed by atoms with Crippen molar-refractivity contribution in [3.63, 3.8) is 0 Å². The molecule has 2 heterocycles. The van der Waals surface area contributed by atoms with Crippen molar-refractivity contribution in [2.75, 3.05) is 28.6 Å². The number of aromatic nitrogens is 2. The van der Waals surface area contributed by atoms with Crippen molar-refractivity contribution < 1.29 is 9.59 Å². The lowest BCUT2D eigenvalue weighted by atomic mass is 10.1. The molecule has 1 aliphatic rings. The van der Waals surface area contributed by atoms with E-state index in [0.29, 0.717) is 19.4 Å². The Morgan fingerprint density at radius 1 is 1.16 bits per heavy atom. The van der Waals surface area contributed by atoms with Gasteiger partial charge in [0, 0.05) is 31.7 Å². The number of aromatic amines is 1. The Labute approximate surface area is 186 Å². The minimum absolute atomic E-state index is 0.0160. The highest BCUT2D eigenvalue weighted by atomic mass is 16.2. The number of amides is 2. The molecule has 1 fully saturated rings. The minimum atomic E-state index is -0.691. The van der Waals surface area contributed by atoms with E-state index in [-0.39, 0.29) is 42.8 Å². The normalized spacial score (nSPS) is 15.9. The standard InChI is InChI=1S/C23H31N5O4/c1-4-6-12-26(19-20(24)27(11-5-2)23(32)25-21(19)30)22(31)16-13-18(29)28(14-16)17-9-7-15(3)8-10-17/h7-10,16H,4-6,11-14,24H2,1-3H3,(H,25,30,32)/t16-/m0/s1. The van der Waals surface area contributed by atoms with Gasteiger partial charge >= 0.3 is 5.69 Å². The maximum atomic E-state index is 13.5. The number of rotatable bonds is 8. The highest BCUT2D eigenvalue weighted by molar-refractivity contribution is 6.05. The molecule has 1 aromatic carbocycles. The fourth-order valence-corrected chi connectivity index (χ4v) is 4.00. The molecular weight excluding hydrogens is 410 g/mol. The Balaban J connectivity index is 1.95. The third-order valence-corrected chi connectivity index (χ3v) is 5.75. The number of aryl methyl sites for hydroxylation is 1. The van der Waals surface area contributed by atoms with Crippen molar-refractivity contribution in [1.29, 1.82) is 0 Å². The van der Waals surface area contributed by atoms with E-state index in [1.807, 2.05) is 45.0 Å². The molecular formula is C23H31N5O4. The van der Waals surface area contributed by atoms with Crippen LogP contribution in [-0.4, -0.2) is 34.5 Å². The summed E-state index contributed by atoms with van der Waals surface area (Å²) in [6, 6.07) is 7.56. The van der Waals surface area contributed by atoms with E-state index in [4.69, 9.17) is 5.73 Å². The number of nitrogen functional groups attached to an aromatic ring is 1. The molecule has 0 spiro atoms. The topological polar surface area (TPSA) is 121 Å². The smallest absolute Gasteiger partial charge is 0.330 e. The molecule has 32 heavy (non-hydrogen) atoms. The van der Waals surface area contributed by atoms with Gasteiger partial charge in [0.1, 0.15) is 5.82 Å². The summed E-state index contributed by atoms with van der Waals surface area (Å²) in [6.45, 7) is 6.67. The van der Waals surface area contributed by atoms with Crippen LogP contribution in [0.1, 0.15) is 45.1 Å². The predicted molar refractivity (Wildman–Crippen MR) is 125 cm³/mol. The summed E-state index contributed by atoms with van der Waals surface area (Å²) in [5.74, 6) is -1.10. The number of H-pyrrole nitrogens is 1. The van der Waals surface area contributed by atoms with Gasteiger partial charge in [-0.2, -0.15) is 0 Å². The van der Waals surface area contributed by atoms with Crippen molar-refractivity contribution >= 4 is 29.0 Å². The summed E-state index contributed by atoms with van der Waals surface area (Å²) >= 11 is 0. The second-order valence-corrected chi connectivity index (χ2v) is 8.23. The lowest BCUT2D eigenvalue weighted by Gasteiger charge is -2.27. The van der Waals surface area contributed by atoms with Crippen molar-refractivity contribution in [3.8, 4) is 0 Å². The van der Waals surface area contributed by atoms with Crippen LogP contribution in [0, 0.1) is 12.8 Å². The third kappa shape index (κ3) is 4.61. The van der Waals surface area contributed by atoms with Crippen molar-refractivity contribution in [2.45, 2.75) is 53.0 Å².